The predicted octanol–water partition coefficient (Wildman–Crippen LogP) is 4.20. The van der Waals surface area contributed by atoms with Gasteiger partial charge in [0.2, 0.25) is 5.76 Å². The first-order chi connectivity index (χ1) is 10.2. The van der Waals surface area contributed by atoms with Crippen molar-refractivity contribution >= 4 is 5.97 Å². The molecule has 0 bridgehead atoms. The summed E-state index contributed by atoms with van der Waals surface area (Å²) in [5, 5.41) is 0. The van der Waals surface area contributed by atoms with Crippen LogP contribution >= 0.6 is 0 Å². The molecule has 0 amide bonds. The summed E-state index contributed by atoms with van der Waals surface area (Å²) in [5.74, 6) is 0.358. The van der Waals surface area contributed by atoms with Crippen molar-refractivity contribution in [1.82, 2.24) is 0 Å². The van der Waals surface area contributed by atoms with Gasteiger partial charge in [0, 0.05) is 0 Å². The van der Waals surface area contributed by atoms with E-state index >= 15 is 0 Å². The standard InChI is InChI=1S/C18H18O3/c1-3-7-17(18(19)20-2)21-16-12-10-15(11-13-16)14-8-5-4-6-9-14/h4-13H,3H2,1-2H3. The molecule has 0 aliphatic rings. The molecule has 0 atom stereocenters. The lowest BCUT2D eigenvalue weighted by Gasteiger charge is -2.09. The summed E-state index contributed by atoms with van der Waals surface area (Å²) in [6.45, 7) is 1.94. The Balaban J connectivity index is 2.16. The monoisotopic (exact) mass is 282 g/mol. The molecule has 0 fully saturated rings. The molecule has 21 heavy (non-hydrogen) atoms. The SMILES string of the molecule is CCC=C(Oc1ccc(-c2ccccc2)cc1)C(=O)OC. The number of benzene rings is 2. The number of allylic oxidation sites excluding steroid dienone is 1. The Morgan fingerprint density at radius 3 is 2.19 bits per heavy atom. The zero-order chi connectivity index (χ0) is 15.1. The number of esters is 1. The zero-order valence-electron chi connectivity index (χ0n) is 12.2. The highest BCUT2D eigenvalue weighted by Crippen LogP contribution is 2.23. The van der Waals surface area contributed by atoms with Gasteiger partial charge in [0.05, 0.1) is 7.11 Å². The first-order valence-electron chi connectivity index (χ1n) is 6.86. The number of ether oxygens (including phenoxy) is 2. The van der Waals surface area contributed by atoms with E-state index in [2.05, 4.69) is 0 Å². The molecular weight excluding hydrogens is 264 g/mol. The second kappa shape index (κ2) is 7.29. The first kappa shape index (κ1) is 14.9. The van der Waals surface area contributed by atoms with Gasteiger partial charge in [-0.15, -0.1) is 0 Å². The second-order valence-corrected chi connectivity index (χ2v) is 4.46. The summed E-state index contributed by atoms with van der Waals surface area (Å²) >= 11 is 0. The van der Waals surface area contributed by atoms with Crippen LogP contribution in [0.25, 0.3) is 11.1 Å². The number of hydrogen-bond donors (Lipinski definition) is 0. The summed E-state index contributed by atoms with van der Waals surface area (Å²) in [7, 11) is 1.34. The molecule has 0 aliphatic heterocycles. The van der Waals surface area contributed by atoms with Crippen LogP contribution in [0.1, 0.15) is 13.3 Å². The smallest absolute Gasteiger partial charge is 0.373 e. The molecule has 108 valence electrons. The van der Waals surface area contributed by atoms with Gasteiger partial charge in [0.25, 0.3) is 0 Å². The minimum Gasteiger partial charge on any atom is -0.463 e. The van der Waals surface area contributed by atoms with E-state index in [0.29, 0.717) is 12.2 Å². The highest BCUT2D eigenvalue weighted by molar-refractivity contribution is 5.86. The maximum Gasteiger partial charge on any atom is 0.373 e. The maximum atomic E-state index is 11.6. The molecule has 0 aromatic heterocycles. The average molecular weight is 282 g/mol. The molecule has 0 saturated carbocycles. The molecule has 0 saturated heterocycles. The molecule has 2 rings (SSSR count). The van der Waals surface area contributed by atoms with Crippen molar-refractivity contribution in [3.63, 3.8) is 0 Å². The number of hydrogen-bond acceptors (Lipinski definition) is 3. The highest BCUT2D eigenvalue weighted by Gasteiger charge is 2.11. The van der Waals surface area contributed by atoms with Gasteiger partial charge < -0.3 is 9.47 Å². The van der Waals surface area contributed by atoms with Crippen molar-refractivity contribution < 1.29 is 14.3 Å². The number of carbonyl (C=O) groups excluding carboxylic acids is 1. The maximum absolute atomic E-state index is 11.6. The van der Waals surface area contributed by atoms with E-state index in [4.69, 9.17) is 9.47 Å². The molecule has 2 aromatic carbocycles. The summed E-state index contributed by atoms with van der Waals surface area (Å²) in [6.07, 6.45) is 2.41. The molecule has 3 heteroatoms. The third kappa shape index (κ3) is 3.96. The molecule has 0 radical (unpaired) electrons. The quantitative estimate of drug-likeness (QED) is 0.468. The van der Waals surface area contributed by atoms with E-state index < -0.39 is 5.97 Å². The Hall–Kier alpha value is -2.55. The Kier molecular flexibility index (Phi) is 5.16. The van der Waals surface area contributed by atoms with Crippen molar-refractivity contribution in [2.75, 3.05) is 7.11 Å². The van der Waals surface area contributed by atoms with E-state index in [-0.39, 0.29) is 5.76 Å². The second-order valence-electron chi connectivity index (χ2n) is 4.46. The molecule has 2 aromatic rings. The predicted molar refractivity (Wildman–Crippen MR) is 82.9 cm³/mol. The van der Waals surface area contributed by atoms with Crippen LogP contribution < -0.4 is 4.74 Å². The fourth-order valence-corrected chi connectivity index (χ4v) is 1.93. The van der Waals surface area contributed by atoms with Gasteiger partial charge in [0.1, 0.15) is 5.75 Å². The van der Waals surface area contributed by atoms with E-state index in [1.54, 1.807) is 6.08 Å². The number of carbonyl (C=O) groups is 1. The third-order valence-corrected chi connectivity index (χ3v) is 2.97. The molecule has 0 N–H and O–H groups in total. The van der Waals surface area contributed by atoms with Crippen LogP contribution in [0.5, 0.6) is 5.75 Å². The van der Waals surface area contributed by atoms with Crippen LogP contribution in [0.2, 0.25) is 0 Å². The normalized spacial score (nSPS) is 11.0. The molecule has 3 nitrogen and oxygen atoms in total. The molecule has 0 heterocycles. The first-order valence-corrected chi connectivity index (χ1v) is 6.86. The van der Waals surface area contributed by atoms with Crippen molar-refractivity contribution in [2.24, 2.45) is 0 Å². The van der Waals surface area contributed by atoms with Gasteiger partial charge in [0.15, 0.2) is 0 Å². The van der Waals surface area contributed by atoms with E-state index in [0.717, 1.165) is 11.1 Å². The van der Waals surface area contributed by atoms with Crippen molar-refractivity contribution in [1.29, 1.82) is 0 Å². The van der Waals surface area contributed by atoms with E-state index in [1.807, 2.05) is 61.5 Å². The van der Waals surface area contributed by atoms with Crippen molar-refractivity contribution in [3.05, 3.63) is 66.4 Å². The third-order valence-electron chi connectivity index (χ3n) is 2.97. The summed E-state index contributed by atoms with van der Waals surface area (Å²) < 4.78 is 10.3. The topological polar surface area (TPSA) is 35.5 Å². The van der Waals surface area contributed by atoms with Crippen LogP contribution in [0.3, 0.4) is 0 Å². The van der Waals surface area contributed by atoms with E-state index in [9.17, 15) is 4.79 Å². The lowest BCUT2D eigenvalue weighted by Crippen LogP contribution is -2.10. The van der Waals surface area contributed by atoms with Crippen molar-refractivity contribution in [3.8, 4) is 16.9 Å². The fraction of sp³-hybridized carbons (Fsp3) is 0.167. The van der Waals surface area contributed by atoms with Crippen LogP contribution in [-0.2, 0) is 9.53 Å². The van der Waals surface area contributed by atoms with Gasteiger partial charge in [-0.25, -0.2) is 4.79 Å². The largest absolute Gasteiger partial charge is 0.463 e. The average Bonchev–Trinajstić information content (AvgIpc) is 2.55. The Labute approximate surface area is 124 Å². The Bertz CT molecular complexity index is 613. The summed E-state index contributed by atoms with van der Waals surface area (Å²) in [5.41, 5.74) is 2.24. The molecular formula is C18H18O3. The summed E-state index contributed by atoms with van der Waals surface area (Å²) in [4.78, 5) is 11.6. The molecule has 0 spiro atoms. The van der Waals surface area contributed by atoms with Crippen LogP contribution in [-0.4, -0.2) is 13.1 Å². The Morgan fingerprint density at radius 2 is 1.62 bits per heavy atom. The minimum atomic E-state index is -0.469. The summed E-state index contributed by atoms with van der Waals surface area (Å²) in [6, 6.07) is 17.7. The Morgan fingerprint density at radius 1 is 1.00 bits per heavy atom. The lowest BCUT2D eigenvalue weighted by molar-refractivity contribution is -0.138. The minimum absolute atomic E-state index is 0.215. The van der Waals surface area contributed by atoms with Crippen LogP contribution in [0.4, 0.5) is 0 Å². The van der Waals surface area contributed by atoms with Gasteiger partial charge >= 0.3 is 5.97 Å². The highest BCUT2D eigenvalue weighted by atomic mass is 16.6. The van der Waals surface area contributed by atoms with Gasteiger partial charge in [-0.05, 0) is 35.8 Å². The van der Waals surface area contributed by atoms with Crippen molar-refractivity contribution in [2.45, 2.75) is 13.3 Å². The zero-order valence-corrected chi connectivity index (χ0v) is 12.2. The number of methoxy groups -OCH3 is 1. The molecule has 0 aliphatic carbocycles. The van der Waals surface area contributed by atoms with E-state index in [1.165, 1.54) is 7.11 Å². The fourth-order valence-electron chi connectivity index (χ4n) is 1.93. The van der Waals surface area contributed by atoms with Crippen LogP contribution in [0, 0.1) is 0 Å². The van der Waals surface area contributed by atoms with Gasteiger partial charge in [-0.2, -0.15) is 0 Å². The molecule has 0 unspecified atom stereocenters. The van der Waals surface area contributed by atoms with Crippen LogP contribution in [0.15, 0.2) is 66.4 Å². The van der Waals surface area contributed by atoms with Gasteiger partial charge in [-0.3, -0.25) is 0 Å². The van der Waals surface area contributed by atoms with Gasteiger partial charge in [-0.1, -0.05) is 49.4 Å². The number of rotatable bonds is 5. The lowest BCUT2D eigenvalue weighted by atomic mass is 10.1.